The van der Waals surface area contributed by atoms with E-state index in [1.165, 1.54) is 11.4 Å². The summed E-state index contributed by atoms with van der Waals surface area (Å²) in [5.74, 6) is 0.0223. The van der Waals surface area contributed by atoms with Crippen molar-refractivity contribution in [3.63, 3.8) is 0 Å². The molecule has 0 aliphatic heterocycles. The first-order valence-electron chi connectivity index (χ1n) is 7.45. The van der Waals surface area contributed by atoms with Crippen LogP contribution in [0.4, 0.5) is 5.69 Å². The van der Waals surface area contributed by atoms with Gasteiger partial charge in [-0.05, 0) is 73.5 Å². The van der Waals surface area contributed by atoms with E-state index in [0.29, 0.717) is 6.04 Å². The first-order valence-corrected chi connectivity index (χ1v) is 8.53. The van der Waals surface area contributed by atoms with Crippen molar-refractivity contribution in [1.82, 2.24) is 4.57 Å². The molecular weight excluding hydrogens is 387 g/mol. The molecule has 1 atom stereocenters. The number of para-hydroxylation sites is 1. The molecule has 1 amide bonds. The summed E-state index contributed by atoms with van der Waals surface area (Å²) in [6.45, 7) is 4.24. The number of carbonyl (C=O) groups is 1. The number of allylic oxidation sites excluding steroid dienone is 1. The van der Waals surface area contributed by atoms with Crippen LogP contribution >= 0.6 is 22.6 Å². The Labute approximate surface area is 144 Å². The van der Waals surface area contributed by atoms with Gasteiger partial charge in [0.15, 0.2) is 0 Å². The van der Waals surface area contributed by atoms with Crippen LogP contribution in [0.5, 0.6) is 0 Å². The van der Waals surface area contributed by atoms with Gasteiger partial charge in [-0.1, -0.05) is 18.2 Å². The molecule has 1 aliphatic carbocycles. The number of nitrogens with one attached hydrogen (secondary N) is 1. The molecule has 0 unspecified atom stereocenters. The maximum atomic E-state index is 12.5. The molecule has 1 aromatic heterocycles. The summed E-state index contributed by atoms with van der Waals surface area (Å²) >= 11 is 2.24. The van der Waals surface area contributed by atoms with Gasteiger partial charge in [0.25, 0.3) is 5.91 Å². The van der Waals surface area contributed by atoms with E-state index in [1.807, 2.05) is 24.3 Å². The Hall–Kier alpha value is -1.56. The monoisotopic (exact) mass is 406 g/mol. The summed E-state index contributed by atoms with van der Waals surface area (Å²) in [7, 11) is 0. The van der Waals surface area contributed by atoms with Gasteiger partial charge >= 0.3 is 0 Å². The Morgan fingerprint density at radius 2 is 1.86 bits per heavy atom. The molecule has 2 aromatic rings. The highest BCUT2D eigenvalue weighted by Crippen LogP contribution is 2.32. The van der Waals surface area contributed by atoms with Crippen LogP contribution < -0.4 is 5.32 Å². The normalized spacial score (nSPS) is 17.4. The van der Waals surface area contributed by atoms with Gasteiger partial charge in [-0.15, -0.1) is 0 Å². The van der Waals surface area contributed by atoms with Gasteiger partial charge in [-0.25, -0.2) is 0 Å². The predicted octanol–water partition coefficient (Wildman–Crippen LogP) is 4.61. The molecule has 0 spiro atoms. The van der Waals surface area contributed by atoms with Gasteiger partial charge in [0.2, 0.25) is 0 Å². The fraction of sp³-hybridized carbons (Fsp3) is 0.278. The number of benzene rings is 1. The lowest BCUT2D eigenvalue weighted by Gasteiger charge is -2.18. The van der Waals surface area contributed by atoms with E-state index in [1.54, 1.807) is 0 Å². The number of halogens is 1. The first kappa shape index (κ1) is 15.3. The quantitative estimate of drug-likeness (QED) is 0.743. The van der Waals surface area contributed by atoms with Crippen LogP contribution in [0.25, 0.3) is 0 Å². The van der Waals surface area contributed by atoms with Gasteiger partial charge in [-0.3, -0.25) is 4.79 Å². The molecular formula is C18H19IN2O. The second-order valence-electron chi connectivity index (χ2n) is 5.74. The van der Waals surface area contributed by atoms with Crippen LogP contribution in [0.3, 0.4) is 0 Å². The number of carbonyl (C=O) groups excluding carboxylic acids is 1. The predicted molar refractivity (Wildman–Crippen MR) is 98.0 cm³/mol. The van der Waals surface area contributed by atoms with Crippen LogP contribution in [-0.2, 0) is 4.79 Å². The van der Waals surface area contributed by atoms with E-state index in [4.69, 9.17) is 0 Å². The lowest BCUT2D eigenvalue weighted by Crippen LogP contribution is -2.16. The number of anilines is 1. The number of hydrogen-bond acceptors (Lipinski definition) is 1. The summed E-state index contributed by atoms with van der Waals surface area (Å²) < 4.78 is 3.39. The molecule has 3 nitrogen and oxygen atoms in total. The minimum absolute atomic E-state index is 0.0223. The van der Waals surface area contributed by atoms with E-state index >= 15 is 0 Å². The average Bonchev–Trinajstić information content (AvgIpc) is 3.08. The highest BCUT2D eigenvalue weighted by molar-refractivity contribution is 14.1. The Balaban J connectivity index is 1.70. The van der Waals surface area contributed by atoms with E-state index in [2.05, 4.69) is 64.5 Å². The minimum atomic E-state index is 0.0223. The molecule has 0 radical (unpaired) electrons. The summed E-state index contributed by atoms with van der Waals surface area (Å²) in [6.07, 6.45) is 3.80. The number of rotatable bonds is 3. The number of aromatic nitrogens is 1. The van der Waals surface area contributed by atoms with Crippen LogP contribution in [0.2, 0.25) is 0 Å². The van der Waals surface area contributed by atoms with Gasteiger partial charge in [-0.2, -0.15) is 0 Å². The van der Waals surface area contributed by atoms with Gasteiger partial charge < -0.3 is 9.88 Å². The lowest BCUT2D eigenvalue weighted by atomic mass is 10.1. The molecule has 1 aliphatic rings. The van der Waals surface area contributed by atoms with Crippen LogP contribution in [0.15, 0.2) is 48.0 Å². The average molecular weight is 406 g/mol. The van der Waals surface area contributed by atoms with Gasteiger partial charge in [0.05, 0.1) is 5.69 Å². The zero-order valence-corrected chi connectivity index (χ0v) is 14.9. The van der Waals surface area contributed by atoms with Crippen LogP contribution in [-0.4, -0.2) is 10.5 Å². The third-order valence-electron chi connectivity index (χ3n) is 4.20. The fourth-order valence-electron chi connectivity index (χ4n) is 3.10. The first-order chi connectivity index (χ1) is 10.6. The summed E-state index contributed by atoms with van der Waals surface area (Å²) in [4.78, 5) is 12.5. The van der Waals surface area contributed by atoms with Crippen molar-refractivity contribution in [2.75, 3.05) is 5.32 Å². The molecule has 0 bridgehead atoms. The topological polar surface area (TPSA) is 34.0 Å². The summed E-state index contributed by atoms with van der Waals surface area (Å²) in [5.41, 5.74) is 4.29. The Bertz CT molecular complexity index is 726. The van der Waals surface area contributed by atoms with Crippen molar-refractivity contribution in [2.45, 2.75) is 32.7 Å². The van der Waals surface area contributed by atoms with E-state index in [9.17, 15) is 4.79 Å². The van der Waals surface area contributed by atoms with E-state index < -0.39 is 0 Å². The third kappa shape index (κ3) is 2.97. The van der Waals surface area contributed by atoms with Crippen molar-refractivity contribution in [3.05, 3.63) is 63.0 Å². The standard InChI is InChI=1S/C18H19IN2O/c1-12-7-8-13(2)21(12)15-10-9-14(11-15)18(22)20-17-6-4-3-5-16(17)19/h3-9,15H,10-11H2,1-2H3,(H,20,22)/t15-/m1/s1. The lowest BCUT2D eigenvalue weighted by molar-refractivity contribution is -0.113. The second kappa shape index (κ2) is 6.28. The Kier molecular flexibility index (Phi) is 4.38. The van der Waals surface area contributed by atoms with Crippen molar-refractivity contribution in [3.8, 4) is 0 Å². The van der Waals surface area contributed by atoms with Crippen LogP contribution in [0, 0.1) is 17.4 Å². The Morgan fingerprint density at radius 3 is 2.55 bits per heavy atom. The van der Waals surface area contributed by atoms with Crippen molar-refractivity contribution >= 4 is 34.2 Å². The van der Waals surface area contributed by atoms with Gasteiger partial charge in [0.1, 0.15) is 0 Å². The minimum Gasteiger partial charge on any atom is -0.346 e. The Morgan fingerprint density at radius 1 is 1.18 bits per heavy atom. The largest absolute Gasteiger partial charge is 0.346 e. The molecule has 1 heterocycles. The van der Waals surface area contributed by atoms with E-state index in [-0.39, 0.29) is 5.91 Å². The zero-order valence-electron chi connectivity index (χ0n) is 12.8. The van der Waals surface area contributed by atoms with Gasteiger partial charge in [0, 0.05) is 26.6 Å². The van der Waals surface area contributed by atoms with Crippen molar-refractivity contribution < 1.29 is 4.79 Å². The highest BCUT2D eigenvalue weighted by atomic mass is 127. The van der Waals surface area contributed by atoms with E-state index in [0.717, 1.165) is 27.7 Å². The second-order valence-corrected chi connectivity index (χ2v) is 6.91. The molecule has 3 rings (SSSR count). The fourth-order valence-corrected chi connectivity index (χ4v) is 3.62. The van der Waals surface area contributed by atoms with Crippen molar-refractivity contribution in [1.29, 1.82) is 0 Å². The molecule has 1 N–H and O–H groups in total. The zero-order chi connectivity index (χ0) is 15.7. The SMILES string of the molecule is Cc1ccc(C)n1[C@@H]1CC=C(C(=O)Nc2ccccc2I)C1. The smallest absolute Gasteiger partial charge is 0.251 e. The maximum absolute atomic E-state index is 12.5. The van der Waals surface area contributed by atoms with Crippen molar-refractivity contribution in [2.24, 2.45) is 0 Å². The molecule has 0 saturated carbocycles. The maximum Gasteiger partial charge on any atom is 0.251 e. The number of aryl methyl sites for hydroxylation is 2. The molecule has 0 saturated heterocycles. The summed E-state index contributed by atoms with van der Waals surface area (Å²) in [5, 5.41) is 3.02. The molecule has 4 heteroatoms. The molecule has 0 fully saturated rings. The number of amides is 1. The third-order valence-corrected chi connectivity index (χ3v) is 5.14. The molecule has 1 aromatic carbocycles. The molecule has 22 heavy (non-hydrogen) atoms. The number of nitrogens with zero attached hydrogens (tertiary/aromatic N) is 1. The highest BCUT2D eigenvalue weighted by Gasteiger charge is 2.24. The number of hydrogen-bond donors (Lipinski definition) is 1. The summed E-state index contributed by atoms with van der Waals surface area (Å²) in [6, 6.07) is 12.5. The van der Waals surface area contributed by atoms with Crippen LogP contribution in [0.1, 0.15) is 30.3 Å². The molecule has 114 valence electrons.